The van der Waals surface area contributed by atoms with E-state index in [9.17, 15) is 4.79 Å². The molecular weight excluding hydrogens is 238 g/mol. The summed E-state index contributed by atoms with van der Waals surface area (Å²) in [5, 5.41) is 4.39. The lowest BCUT2D eigenvalue weighted by Gasteiger charge is -2.30. The summed E-state index contributed by atoms with van der Waals surface area (Å²) in [5.74, 6) is 0.129. The zero-order valence-electron chi connectivity index (χ0n) is 11.8. The maximum absolute atomic E-state index is 12.2. The highest BCUT2D eigenvalue weighted by molar-refractivity contribution is 6.21. The standard InChI is InChI=1S/C15H21N3O/c1-4-9-18-14-8-6-5-7-12(14)13(10-15(18)19)17-16-11(2)3/h5-8,11,16H,4,9-10H2,1-3H3/b17-13+. The van der Waals surface area contributed by atoms with E-state index in [-0.39, 0.29) is 11.9 Å². The van der Waals surface area contributed by atoms with E-state index in [4.69, 9.17) is 0 Å². The number of hydrogen-bond donors (Lipinski definition) is 1. The average molecular weight is 259 g/mol. The van der Waals surface area contributed by atoms with Gasteiger partial charge in [-0.15, -0.1) is 0 Å². The number of benzene rings is 1. The maximum atomic E-state index is 12.2. The zero-order chi connectivity index (χ0) is 13.8. The van der Waals surface area contributed by atoms with Crippen molar-refractivity contribution in [2.45, 2.75) is 39.7 Å². The fraction of sp³-hybridized carbons (Fsp3) is 0.467. The molecule has 0 aliphatic carbocycles. The number of para-hydroxylation sites is 1. The van der Waals surface area contributed by atoms with Crippen molar-refractivity contribution in [2.24, 2.45) is 5.10 Å². The molecule has 19 heavy (non-hydrogen) atoms. The minimum atomic E-state index is 0.129. The number of nitrogens with one attached hydrogen (secondary N) is 1. The molecule has 1 aromatic rings. The lowest BCUT2D eigenvalue weighted by Crippen LogP contribution is -2.39. The van der Waals surface area contributed by atoms with E-state index in [2.05, 4.69) is 17.5 Å². The summed E-state index contributed by atoms with van der Waals surface area (Å²) < 4.78 is 0. The van der Waals surface area contributed by atoms with Gasteiger partial charge in [0.25, 0.3) is 0 Å². The molecule has 0 spiro atoms. The van der Waals surface area contributed by atoms with E-state index in [1.165, 1.54) is 0 Å². The minimum absolute atomic E-state index is 0.129. The van der Waals surface area contributed by atoms with Crippen LogP contribution in [0.1, 0.15) is 39.2 Å². The van der Waals surface area contributed by atoms with Gasteiger partial charge >= 0.3 is 0 Å². The van der Waals surface area contributed by atoms with Crippen LogP contribution in [0.25, 0.3) is 0 Å². The maximum Gasteiger partial charge on any atom is 0.233 e. The van der Waals surface area contributed by atoms with E-state index in [0.717, 1.165) is 29.9 Å². The van der Waals surface area contributed by atoms with Crippen molar-refractivity contribution in [1.29, 1.82) is 0 Å². The smallest absolute Gasteiger partial charge is 0.233 e. The van der Waals surface area contributed by atoms with Crippen LogP contribution in [0, 0.1) is 0 Å². The van der Waals surface area contributed by atoms with Crippen molar-refractivity contribution in [3.8, 4) is 0 Å². The summed E-state index contributed by atoms with van der Waals surface area (Å²) in [6.45, 7) is 6.91. The van der Waals surface area contributed by atoms with Crippen molar-refractivity contribution in [3.63, 3.8) is 0 Å². The van der Waals surface area contributed by atoms with Crippen LogP contribution in [0.5, 0.6) is 0 Å². The Kier molecular flexibility index (Phi) is 4.20. The third kappa shape index (κ3) is 2.95. The minimum Gasteiger partial charge on any atom is -0.311 e. The number of fused-ring (bicyclic) bond motifs is 1. The molecule has 0 unspecified atom stereocenters. The Morgan fingerprint density at radius 3 is 2.79 bits per heavy atom. The van der Waals surface area contributed by atoms with Gasteiger partial charge in [-0.1, -0.05) is 25.1 Å². The van der Waals surface area contributed by atoms with Crippen LogP contribution in [-0.4, -0.2) is 24.2 Å². The van der Waals surface area contributed by atoms with Gasteiger partial charge in [-0.25, -0.2) is 0 Å². The van der Waals surface area contributed by atoms with Crippen LogP contribution in [0.3, 0.4) is 0 Å². The van der Waals surface area contributed by atoms with Crippen LogP contribution >= 0.6 is 0 Å². The Balaban J connectivity index is 2.38. The van der Waals surface area contributed by atoms with E-state index in [1.54, 1.807) is 0 Å². The van der Waals surface area contributed by atoms with E-state index in [1.807, 2.05) is 43.0 Å². The molecule has 1 aromatic carbocycles. The topological polar surface area (TPSA) is 44.7 Å². The molecule has 2 rings (SSSR count). The Morgan fingerprint density at radius 1 is 1.37 bits per heavy atom. The summed E-state index contributed by atoms with van der Waals surface area (Å²) in [7, 11) is 0. The molecule has 1 aliphatic rings. The van der Waals surface area contributed by atoms with Crippen molar-refractivity contribution in [3.05, 3.63) is 29.8 Å². The Hall–Kier alpha value is -1.84. The first kappa shape index (κ1) is 13.6. The summed E-state index contributed by atoms with van der Waals surface area (Å²) in [5.41, 5.74) is 5.91. The van der Waals surface area contributed by atoms with E-state index < -0.39 is 0 Å². The molecule has 0 saturated carbocycles. The van der Waals surface area contributed by atoms with Crippen LogP contribution < -0.4 is 10.3 Å². The second-order valence-corrected chi connectivity index (χ2v) is 5.08. The highest BCUT2D eigenvalue weighted by Crippen LogP contribution is 2.28. The largest absolute Gasteiger partial charge is 0.311 e. The van der Waals surface area contributed by atoms with Gasteiger partial charge in [-0.3, -0.25) is 4.79 Å². The van der Waals surface area contributed by atoms with Gasteiger partial charge in [0.15, 0.2) is 0 Å². The summed E-state index contributed by atoms with van der Waals surface area (Å²) in [4.78, 5) is 14.1. The molecule has 1 aliphatic heterocycles. The third-order valence-electron chi connectivity index (χ3n) is 3.03. The Labute approximate surface area is 114 Å². The molecule has 1 amide bonds. The SMILES string of the molecule is CCCN1C(=O)C/C(=N\NC(C)C)c2ccccc21. The summed E-state index contributed by atoms with van der Waals surface area (Å²) in [6.07, 6.45) is 1.33. The monoisotopic (exact) mass is 259 g/mol. The van der Waals surface area contributed by atoms with Crippen molar-refractivity contribution in [2.75, 3.05) is 11.4 Å². The first-order chi connectivity index (χ1) is 9.13. The van der Waals surface area contributed by atoms with E-state index >= 15 is 0 Å². The number of rotatable bonds is 4. The van der Waals surface area contributed by atoms with Crippen LogP contribution in [-0.2, 0) is 4.79 Å². The number of carbonyl (C=O) groups is 1. The van der Waals surface area contributed by atoms with Gasteiger partial charge in [0.05, 0.1) is 17.8 Å². The molecule has 0 aromatic heterocycles. The molecule has 4 nitrogen and oxygen atoms in total. The molecule has 0 fully saturated rings. The van der Waals surface area contributed by atoms with Gasteiger partial charge in [0, 0.05) is 18.2 Å². The first-order valence-corrected chi connectivity index (χ1v) is 6.85. The molecule has 1 heterocycles. The predicted octanol–water partition coefficient (Wildman–Crippen LogP) is 2.54. The van der Waals surface area contributed by atoms with Crippen molar-refractivity contribution in [1.82, 2.24) is 5.43 Å². The number of hydrazone groups is 1. The first-order valence-electron chi connectivity index (χ1n) is 6.85. The highest BCUT2D eigenvalue weighted by atomic mass is 16.2. The summed E-state index contributed by atoms with van der Waals surface area (Å²) >= 11 is 0. The second kappa shape index (κ2) is 5.87. The lowest BCUT2D eigenvalue weighted by molar-refractivity contribution is -0.117. The normalized spacial score (nSPS) is 16.9. The second-order valence-electron chi connectivity index (χ2n) is 5.08. The molecule has 102 valence electrons. The van der Waals surface area contributed by atoms with Gasteiger partial charge in [-0.2, -0.15) is 5.10 Å². The molecule has 0 bridgehead atoms. The summed E-state index contributed by atoms with van der Waals surface area (Å²) in [6, 6.07) is 8.25. The highest BCUT2D eigenvalue weighted by Gasteiger charge is 2.27. The Bertz CT molecular complexity index is 494. The van der Waals surface area contributed by atoms with Crippen molar-refractivity contribution >= 4 is 17.3 Å². The molecule has 0 radical (unpaired) electrons. The fourth-order valence-electron chi connectivity index (χ4n) is 2.20. The zero-order valence-corrected chi connectivity index (χ0v) is 11.8. The average Bonchev–Trinajstić information content (AvgIpc) is 2.40. The van der Waals surface area contributed by atoms with E-state index in [0.29, 0.717) is 6.42 Å². The molecule has 4 heteroatoms. The van der Waals surface area contributed by atoms with Crippen LogP contribution in [0.4, 0.5) is 5.69 Å². The van der Waals surface area contributed by atoms with Gasteiger partial charge in [0.2, 0.25) is 5.91 Å². The Morgan fingerprint density at radius 2 is 2.11 bits per heavy atom. The predicted molar refractivity (Wildman–Crippen MR) is 78.5 cm³/mol. The number of carbonyl (C=O) groups excluding carboxylic acids is 1. The third-order valence-corrected chi connectivity index (χ3v) is 3.03. The number of nitrogens with zero attached hydrogens (tertiary/aromatic N) is 2. The van der Waals surface area contributed by atoms with Crippen LogP contribution in [0.15, 0.2) is 29.4 Å². The van der Waals surface area contributed by atoms with Crippen LogP contribution in [0.2, 0.25) is 0 Å². The number of anilines is 1. The number of amides is 1. The molecule has 0 saturated heterocycles. The van der Waals surface area contributed by atoms with Gasteiger partial charge in [-0.05, 0) is 26.3 Å². The molecular formula is C15H21N3O. The van der Waals surface area contributed by atoms with Gasteiger partial charge in [0.1, 0.15) is 0 Å². The van der Waals surface area contributed by atoms with Gasteiger partial charge < -0.3 is 10.3 Å². The lowest BCUT2D eigenvalue weighted by atomic mass is 9.99. The molecule has 0 atom stereocenters. The quantitative estimate of drug-likeness (QED) is 0.844. The fourth-order valence-corrected chi connectivity index (χ4v) is 2.20. The molecule has 1 N–H and O–H groups in total. The number of hydrogen-bond acceptors (Lipinski definition) is 3. The van der Waals surface area contributed by atoms with Crippen molar-refractivity contribution < 1.29 is 4.79 Å².